The van der Waals surface area contributed by atoms with Crippen molar-refractivity contribution in [1.82, 2.24) is 0 Å². The van der Waals surface area contributed by atoms with E-state index in [1.54, 1.807) is 6.08 Å². The van der Waals surface area contributed by atoms with Crippen molar-refractivity contribution < 1.29 is 9.47 Å². The van der Waals surface area contributed by atoms with E-state index in [2.05, 4.69) is 22.5 Å². The first-order valence-corrected chi connectivity index (χ1v) is 4.74. The lowest BCUT2D eigenvalue weighted by Gasteiger charge is -2.27. The first kappa shape index (κ1) is 9.23. The third-order valence-electron chi connectivity index (χ3n) is 1.58. The van der Waals surface area contributed by atoms with E-state index >= 15 is 0 Å². The molecule has 3 heteroatoms. The van der Waals surface area contributed by atoms with Crippen molar-refractivity contribution in [2.75, 3.05) is 13.2 Å². The first-order valence-electron chi connectivity index (χ1n) is 3.83. The zero-order chi connectivity index (χ0) is 8.10. The third kappa shape index (κ3) is 2.93. The maximum atomic E-state index is 5.38. The summed E-state index contributed by atoms with van der Waals surface area (Å²) in [5.74, 6) is 0. The number of rotatable bonds is 3. The number of hydrogen-bond donors (Lipinski definition) is 0. The zero-order valence-corrected chi connectivity index (χ0v) is 8.05. The molecular weight excluding hydrogens is 208 g/mol. The second-order valence-electron chi connectivity index (χ2n) is 2.52. The van der Waals surface area contributed by atoms with E-state index in [0.29, 0.717) is 11.4 Å². The van der Waals surface area contributed by atoms with Crippen molar-refractivity contribution in [3.8, 4) is 0 Å². The average Bonchev–Trinajstić information content (AvgIpc) is 2.03. The molecule has 0 aromatic rings. The lowest BCUT2D eigenvalue weighted by atomic mass is 10.2. The lowest BCUT2D eigenvalue weighted by molar-refractivity contribution is -0.149. The van der Waals surface area contributed by atoms with Gasteiger partial charge in [-0.05, 0) is 12.8 Å². The summed E-state index contributed by atoms with van der Waals surface area (Å²) in [5.41, 5.74) is 0. The second kappa shape index (κ2) is 4.91. The summed E-state index contributed by atoms with van der Waals surface area (Å²) >= 11 is 3.50. The van der Waals surface area contributed by atoms with Gasteiger partial charge in [-0.2, -0.15) is 0 Å². The van der Waals surface area contributed by atoms with Crippen LogP contribution in [0.4, 0.5) is 0 Å². The predicted molar refractivity (Wildman–Crippen MR) is 47.8 cm³/mol. The van der Waals surface area contributed by atoms with Gasteiger partial charge in [0.15, 0.2) is 6.29 Å². The van der Waals surface area contributed by atoms with Crippen LogP contribution in [0, 0.1) is 0 Å². The van der Waals surface area contributed by atoms with Gasteiger partial charge in [0.05, 0.1) is 11.4 Å². The Balaban J connectivity index is 2.23. The molecule has 0 aromatic heterocycles. The molecule has 1 aliphatic rings. The molecule has 11 heavy (non-hydrogen) atoms. The summed E-state index contributed by atoms with van der Waals surface area (Å²) in [7, 11) is 0. The minimum absolute atomic E-state index is 0.0817. The average molecular weight is 221 g/mol. The fourth-order valence-corrected chi connectivity index (χ4v) is 1.66. The molecule has 1 fully saturated rings. The maximum absolute atomic E-state index is 5.38. The van der Waals surface area contributed by atoms with Crippen LogP contribution < -0.4 is 0 Å². The van der Waals surface area contributed by atoms with Crippen molar-refractivity contribution in [1.29, 1.82) is 0 Å². The lowest BCUT2D eigenvalue weighted by Crippen LogP contribution is -2.32. The van der Waals surface area contributed by atoms with Gasteiger partial charge in [0.2, 0.25) is 0 Å². The Labute approximate surface area is 75.7 Å². The quantitative estimate of drug-likeness (QED) is 0.536. The molecule has 0 bridgehead atoms. The largest absolute Gasteiger partial charge is 0.351 e. The highest BCUT2D eigenvalue weighted by Crippen LogP contribution is 2.21. The third-order valence-corrected chi connectivity index (χ3v) is 2.47. The van der Waals surface area contributed by atoms with Crippen LogP contribution in [0.2, 0.25) is 0 Å². The van der Waals surface area contributed by atoms with Crippen LogP contribution in [0.1, 0.15) is 12.8 Å². The van der Waals surface area contributed by atoms with E-state index in [9.17, 15) is 0 Å². The monoisotopic (exact) mass is 220 g/mol. The van der Waals surface area contributed by atoms with Gasteiger partial charge in [0.25, 0.3) is 0 Å². The minimum atomic E-state index is -0.0817. The van der Waals surface area contributed by atoms with E-state index in [1.807, 2.05) is 0 Å². The van der Waals surface area contributed by atoms with Gasteiger partial charge < -0.3 is 9.47 Å². The van der Waals surface area contributed by atoms with Gasteiger partial charge in [0.1, 0.15) is 0 Å². The fourth-order valence-electron chi connectivity index (χ4n) is 1.03. The summed E-state index contributed by atoms with van der Waals surface area (Å²) in [6, 6.07) is 0. The molecule has 0 saturated carbocycles. The minimum Gasteiger partial charge on any atom is -0.351 e. The van der Waals surface area contributed by atoms with Gasteiger partial charge in [-0.1, -0.05) is 22.0 Å². The molecule has 0 N–H and O–H groups in total. The van der Waals surface area contributed by atoms with Gasteiger partial charge in [-0.25, -0.2) is 0 Å². The van der Waals surface area contributed by atoms with Gasteiger partial charge in [0, 0.05) is 6.61 Å². The predicted octanol–water partition coefficient (Wildman–Crippen LogP) is 2.09. The van der Waals surface area contributed by atoms with Crippen LogP contribution in [-0.4, -0.2) is 24.3 Å². The molecule has 0 radical (unpaired) electrons. The SMILES string of the molecule is C=CCO[C@@H]1OCCC[C@H]1Br. The van der Waals surface area contributed by atoms with Crippen LogP contribution in [0.15, 0.2) is 12.7 Å². The van der Waals surface area contributed by atoms with E-state index in [4.69, 9.17) is 9.47 Å². The molecule has 64 valence electrons. The Bertz CT molecular complexity index is 127. The Morgan fingerprint density at radius 1 is 1.73 bits per heavy atom. The molecule has 0 aromatic carbocycles. The molecule has 1 heterocycles. The van der Waals surface area contributed by atoms with E-state index in [1.165, 1.54) is 0 Å². The normalized spacial score (nSPS) is 31.7. The molecule has 0 spiro atoms. The molecule has 2 atom stereocenters. The molecule has 0 aliphatic carbocycles. The highest BCUT2D eigenvalue weighted by molar-refractivity contribution is 9.09. The number of alkyl halides is 1. The van der Waals surface area contributed by atoms with Crippen LogP contribution in [0.3, 0.4) is 0 Å². The molecule has 0 amide bonds. The first-order chi connectivity index (χ1) is 5.34. The zero-order valence-electron chi connectivity index (χ0n) is 6.46. The van der Waals surface area contributed by atoms with Crippen LogP contribution >= 0.6 is 15.9 Å². The molecule has 2 nitrogen and oxygen atoms in total. The number of hydrogen-bond acceptors (Lipinski definition) is 2. The summed E-state index contributed by atoms with van der Waals surface area (Å²) in [6.45, 7) is 4.95. The molecular formula is C8H13BrO2. The summed E-state index contributed by atoms with van der Waals surface area (Å²) in [6.07, 6.45) is 3.89. The Kier molecular flexibility index (Phi) is 4.12. The molecule has 0 unspecified atom stereocenters. The smallest absolute Gasteiger partial charge is 0.170 e. The van der Waals surface area contributed by atoms with Crippen LogP contribution in [0.5, 0.6) is 0 Å². The highest BCUT2D eigenvalue weighted by atomic mass is 79.9. The van der Waals surface area contributed by atoms with Crippen molar-refractivity contribution in [3.05, 3.63) is 12.7 Å². The standard InChI is InChI=1S/C8H13BrO2/c1-2-5-10-8-7(9)4-3-6-11-8/h2,7-8H,1,3-6H2/t7-,8-/m1/s1. The molecule has 1 saturated heterocycles. The van der Waals surface area contributed by atoms with Crippen LogP contribution in [-0.2, 0) is 9.47 Å². The van der Waals surface area contributed by atoms with E-state index in [-0.39, 0.29) is 6.29 Å². The fraction of sp³-hybridized carbons (Fsp3) is 0.750. The van der Waals surface area contributed by atoms with Crippen molar-refractivity contribution in [2.24, 2.45) is 0 Å². The maximum Gasteiger partial charge on any atom is 0.170 e. The second-order valence-corrected chi connectivity index (χ2v) is 3.70. The topological polar surface area (TPSA) is 18.5 Å². The number of ether oxygens (including phenoxy) is 2. The van der Waals surface area contributed by atoms with Gasteiger partial charge >= 0.3 is 0 Å². The van der Waals surface area contributed by atoms with Crippen LogP contribution in [0.25, 0.3) is 0 Å². The van der Waals surface area contributed by atoms with Gasteiger partial charge in [-0.15, -0.1) is 6.58 Å². The Morgan fingerprint density at radius 3 is 3.18 bits per heavy atom. The summed E-state index contributed by atoms with van der Waals surface area (Å²) in [5, 5.41) is 0. The summed E-state index contributed by atoms with van der Waals surface area (Å²) in [4.78, 5) is 0.344. The highest BCUT2D eigenvalue weighted by Gasteiger charge is 2.23. The van der Waals surface area contributed by atoms with E-state index < -0.39 is 0 Å². The van der Waals surface area contributed by atoms with Crippen molar-refractivity contribution >= 4 is 15.9 Å². The van der Waals surface area contributed by atoms with Crippen molar-refractivity contribution in [3.63, 3.8) is 0 Å². The van der Waals surface area contributed by atoms with E-state index in [0.717, 1.165) is 19.4 Å². The van der Waals surface area contributed by atoms with Crippen molar-refractivity contribution in [2.45, 2.75) is 24.0 Å². The number of halogens is 1. The summed E-state index contributed by atoms with van der Waals surface area (Å²) < 4.78 is 10.7. The Hall–Kier alpha value is 0.140. The molecule has 1 rings (SSSR count). The Morgan fingerprint density at radius 2 is 2.55 bits per heavy atom. The van der Waals surface area contributed by atoms with Gasteiger partial charge in [-0.3, -0.25) is 0 Å². The molecule has 1 aliphatic heterocycles.